The summed E-state index contributed by atoms with van der Waals surface area (Å²) < 4.78 is 26.7. The summed E-state index contributed by atoms with van der Waals surface area (Å²) >= 11 is 0. The minimum Gasteiger partial charge on any atom is -0.465 e. The van der Waals surface area contributed by atoms with E-state index in [0.29, 0.717) is 12.0 Å². The van der Waals surface area contributed by atoms with Crippen LogP contribution in [-0.4, -0.2) is 40.0 Å². The summed E-state index contributed by atoms with van der Waals surface area (Å²) in [6.45, 7) is 1.11. The molecule has 0 aliphatic rings. The first kappa shape index (κ1) is 20.7. The van der Waals surface area contributed by atoms with E-state index in [1.807, 2.05) is 30.3 Å². The average molecular weight is 379 g/mol. The van der Waals surface area contributed by atoms with Crippen LogP contribution in [0.15, 0.2) is 48.8 Å². The first-order valence-corrected chi connectivity index (χ1v) is 8.50. The van der Waals surface area contributed by atoms with E-state index < -0.39 is 24.2 Å². The van der Waals surface area contributed by atoms with Crippen LogP contribution in [-0.2, 0) is 18.9 Å². The quantitative estimate of drug-likeness (QED) is 0.537. The maximum Gasteiger partial charge on any atom is 0.404 e. The van der Waals surface area contributed by atoms with Crippen LogP contribution < -0.4 is 10.6 Å². The second-order valence-electron chi connectivity index (χ2n) is 6.41. The number of carboxylic acid groups (broad SMARTS) is 1. The van der Waals surface area contributed by atoms with E-state index in [1.54, 1.807) is 0 Å². The Morgan fingerprint density at radius 1 is 1.22 bits per heavy atom. The number of aliphatic hydroxyl groups is 1. The van der Waals surface area contributed by atoms with Crippen molar-refractivity contribution in [3.05, 3.63) is 65.5 Å². The zero-order chi connectivity index (χ0) is 19.9. The van der Waals surface area contributed by atoms with Crippen LogP contribution >= 0.6 is 0 Å². The van der Waals surface area contributed by atoms with Crippen molar-refractivity contribution in [2.24, 2.45) is 0 Å². The van der Waals surface area contributed by atoms with Gasteiger partial charge in [-0.05, 0) is 23.6 Å². The third-order valence-corrected chi connectivity index (χ3v) is 4.06. The molecule has 0 radical (unpaired) electrons. The number of benzene rings is 1. The summed E-state index contributed by atoms with van der Waals surface area (Å²) in [6, 6.07) is 9.86. The molecule has 1 heterocycles. The molecule has 6 nitrogen and oxygen atoms in total. The molecule has 0 aliphatic carbocycles. The highest BCUT2D eigenvalue weighted by atomic mass is 19.3. The number of aromatic nitrogens is 1. The van der Waals surface area contributed by atoms with Gasteiger partial charge >= 0.3 is 6.09 Å². The van der Waals surface area contributed by atoms with Crippen LogP contribution in [0.3, 0.4) is 0 Å². The molecule has 0 bridgehead atoms. The number of hydrogen-bond donors (Lipinski definition) is 4. The molecule has 1 aromatic heterocycles. The van der Waals surface area contributed by atoms with Crippen molar-refractivity contribution in [1.82, 2.24) is 15.6 Å². The van der Waals surface area contributed by atoms with Gasteiger partial charge in [0.15, 0.2) is 0 Å². The summed E-state index contributed by atoms with van der Waals surface area (Å²) in [5.74, 6) is -2.98. The fraction of sp³-hybridized carbons (Fsp3) is 0.368. The number of carbonyl (C=O) groups is 1. The summed E-state index contributed by atoms with van der Waals surface area (Å²) in [7, 11) is 0. The topological polar surface area (TPSA) is 94.5 Å². The van der Waals surface area contributed by atoms with Gasteiger partial charge in [-0.3, -0.25) is 4.98 Å². The highest BCUT2D eigenvalue weighted by Crippen LogP contribution is 2.26. The highest BCUT2D eigenvalue weighted by Gasteiger charge is 2.25. The fourth-order valence-electron chi connectivity index (χ4n) is 2.64. The monoisotopic (exact) mass is 379 g/mol. The molecule has 0 spiro atoms. The Hall–Kier alpha value is -2.58. The van der Waals surface area contributed by atoms with Crippen LogP contribution in [0.25, 0.3) is 0 Å². The Labute approximate surface area is 156 Å². The lowest BCUT2D eigenvalue weighted by Gasteiger charge is -2.23. The Morgan fingerprint density at radius 3 is 2.56 bits per heavy atom. The molecule has 27 heavy (non-hydrogen) atoms. The second kappa shape index (κ2) is 9.38. The van der Waals surface area contributed by atoms with E-state index in [4.69, 9.17) is 5.11 Å². The number of pyridine rings is 1. The molecule has 2 aromatic rings. The van der Waals surface area contributed by atoms with E-state index in [1.165, 1.54) is 12.3 Å². The number of hydrogen-bond acceptors (Lipinski definition) is 4. The number of nitrogens with one attached hydrogen (secondary N) is 2. The van der Waals surface area contributed by atoms with Gasteiger partial charge in [-0.15, -0.1) is 0 Å². The van der Waals surface area contributed by atoms with E-state index in [9.17, 15) is 18.7 Å². The molecule has 0 saturated heterocycles. The van der Waals surface area contributed by atoms with Crippen molar-refractivity contribution in [2.45, 2.75) is 38.0 Å². The smallest absolute Gasteiger partial charge is 0.404 e. The molecule has 1 aromatic carbocycles. The summed E-state index contributed by atoms with van der Waals surface area (Å²) in [5.41, 5.74) is 1.25. The zero-order valence-corrected chi connectivity index (χ0v) is 14.9. The second-order valence-corrected chi connectivity index (χ2v) is 6.41. The van der Waals surface area contributed by atoms with Crippen molar-refractivity contribution in [3.63, 3.8) is 0 Å². The molecule has 8 heteroatoms. The van der Waals surface area contributed by atoms with Crippen LogP contribution in [0.1, 0.15) is 23.6 Å². The van der Waals surface area contributed by atoms with Gasteiger partial charge < -0.3 is 20.8 Å². The van der Waals surface area contributed by atoms with Gasteiger partial charge in [0.1, 0.15) is 0 Å². The first-order chi connectivity index (χ1) is 12.8. The van der Waals surface area contributed by atoms with Gasteiger partial charge in [-0.1, -0.05) is 30.3 Å². The largest absolute Gasteiger partial charge is 0.465 e. The number of alkyl halides is 2. The molecule has 4 N–H and O–H groups in total. The predicted octanol–water partition coefficient (Wildman–Crippen LogP) is 2.52. The van der Waals surface area contributed by atoms with Crippen molar-refractivity contribution in [1.29, 1.82) is 0 Å². The summed E-state index contributed by atoms with van der Waals surface area (Å²) in [4.78, 5) is 14.8. The van der Waals surface area contributed by atoms with Crippen LogP contribution in [0.2, 0.25) is 0 Å². The number of rotatable bonds is 9. The molecule has 2 rings (SSSR count). The standard InChI is InChI=1S/C19H23F2N3O3/c1-19(20,21)15-7-14(9-22-11-15)10-23-12-17(25)16(24-18(26)27)8-13-5-3-2-4-6-13/h2-7,9,11,16-17,23-25H,8,10,12H2,1H3,(H,26,27)/t16-,17-/m0/s1. The highest BCUT2D eigenvalue weighted by molar-refractivity contribution is 5.65. The zero-order valence-electron chi connectivity index (χ0n) is 14.9. The van der Waals surface area contributed by atoms with Crippen LogP contribution in [0.4, 0.5) is 13.6 Å². The normalized spacial score (nSPS) is 13.8. The number of nitrogens with zero attached hydrogens (tertiary/aromatic N) is 1. The lowest BCUT2D eigenvalue weighted by molar-refractivity contribution is 0.0170. The minimum atomic E-state index is -2.98. The third-order valence-electron chi connectivity index (χ3n) is 4.06. The Bertz CT molecular complexity index is 738. The number of amides is 1. The molecule has 2 atom stereocenters. The van der Waals surface area contributed by atoms with Gasteiger partial charge in [-0.2, -0.15) is 0 Å². The predicted molar refractivity (Wildman–Crippen MR) is 96.6 cm³/mol. The van der Waals surface area contributed by atoms with Crippen molar-refractivity contribution >= 4 is 6.09 Å². The third kappa shape index (κ3) is 6.92. The maximum absolute atomic E-state index is 13.4. The van der Waals surface area contributed by atoms with Gasteiger partial charge in [0.2, 0.25) is 0 Å². The SMILES string of the molecule is CC(F)(F)c1cncc(CNC[C@H](O)[C@H](Cc2ccccc2)NC(=O)O)c1. The van der Waals surface area contributed by atoms with Gasteiger partial charge in [0.25, 0.3) is 5.92 Å². The van der Waals surface area contributed by atoms with Crippen molar-refractivity contribution < 1.29 is 23.8 Å². The molecule has 0 fully saturated rings. The van der Waals surface area contributed by atoms with Crippen LogP contribution in [0, 0.1) is 0 Å². The van der Waals surface area contributed by atoms with E-state index in [0.717, 1.165) is 18.7 Å². The summed E-state index contributed by atoms with van der Waals surface area (Å²) in [5, 5.41) is 24.6. The Kier molecular flexibility index (Phi) is 7.20. The maximum atomic E-state index is 13.4. The lowest BCUT2D eigenvalue weighted by Crippen LogP contribution is -2.48. The fourth-order valence-corrected chi connectivity index (χ4v) is 2.64. The molecule has 1 amide bonds. The summed E-state index contributed by atoms with van der Waals surface area (Å²) in [6.07, 6.45) is 0.688. The Balaban J connectivity index is 1.93. The van der Waals surface area contributed by atoms with Gasteiger partial charge in [-0.25, -0.2) is 13.6 Å². The van der Waals surface area contributed by atoms with Crippen molar-refractivity contribution in [2.75, 3.05) is 6.54 Å². The molecule has 0 aliphatic heterocycles. The molecule has 0 unspecified atom stereocenters. The molecular weight excluding hydrogens is 356 g/mol. The van der Waals surface area contributed by atoms with E-state index in [2.05, 4.69) is 15.6 Å². The van der Waals surface area contributed by atoms with Gasteiger partial charge in [0.05, 0.1) is 12.1 Å². The number of aliphatic hydroxyl groups excluding tert-OH is 1. The molecule has 0 saturated carbocycles. The van der Waals surface area contributed by atoms with E-state index >= 15 is 0 Å². The molecule has 146 valence electrons. The van der Waals surface area contributed by atoms with Crippen LogP contribution in [0.5, 0.6) is 0 Å². The lowest BCUT2D eigenvalue weighted by atomic mass is 10.0. The van der Waals surface area contributed by atoms with E-state index in [-0.39, 0.29) is 18.7 Å². The number of halogens is 2. The van der Waals surface area contributed by atoms with Gasteiger partial charge in [0, 0.05) is 38.0 Å². The Morgan fingerprint density at radius 2 is 1.93 bits per heavy atom. The average Bonchev–Trinajstić information content (AvgIpc) is 2.61. The minimum absolute atomic E-state index is 0.0878. The molecular formula is C19H23F2N3O3. The first-order valence-electron chi connectivity index (χ1n) is 8.50. The van der Waals surface area contributed by atoms with Crippen molar-refractivity contribution in [3.8, 4) is 0 Å².